The Kier molecular flexibility index (Phi) is 7.43. The summed E-state index contributed by atoms with van der Waals surface area (Å²) in [6.45, 7) is 8.35. The lowest BCUT2D eigenvalue weighted by atomic mass is 9.85. The first-order valence-electron chi connectivity index (χ1n) is 12.3. The average Bonchev–Trinajstić information content (AvgIpc) is 2.86. The first kappa shape index (κ1) is 25.4. The number of hydrogen-bond donors (Lipinski definition) is 1. The molecule has 5 nitrogen and oxygen atoms in total. The number of nitrogens with one attached hydrogen (secondary N) is 1. The van der Waals surface area contributed by atoms with Gasteiger partial charge in [0.2, 0.25) is 5.91 Å². The van der Waals surface area contributed by atoms with E-state index in [-0.39, 0.29) is 17.6 Å². The predicted molar refractivity (Wildman–Crippen MR) is 138 cm³/mol. The normalized spacial score (nSPS) is 16.1. The highest BCUT2D eigenvalue weighted by Crippen LogP contribution is 2.39. The van der Waals surface area contributed by atoms with Gasteiger partial charge in [-0.2, -0.15) is 0 Å². The van der Waals surface area contributed by atoms with E-state index < -0.39 is 17.6 Å². The highest BCUT2D eigenvalue weighted by molar-refractivity contribution is 5.83. The van der Waals surface area contributed by atoms with Gasteiger partial charge in [-0.15, -0.1) is 0 Å². The lowest BCUT2D eigenvalue weighted by Crippen LogP contribution is -2.45. The summed E-state index contributed by atoms with van der Waals surface area (Å²) in [7, 11) is 0. The second-order valence-electron chi connectivity index (χ2n) is 10.3. The average molecular weight is 489 g/mol. The van der Waals surface area contributed by atoms with Crippen LogP contribution in [0.2, 0.25) is 0 Å². The SMILES string of the molecule is C[C@@H](Oc1ccc2c(c1)[C@H](c1cccc(F)c1)N(C(=O)C(C)(C)C)CC2)C(=O)NCc1ccccc1. The number of benzene rings is 3. The first-order valence-corrected chi connectivity index (χ1v) is 12.3. The van der Waals surface area contributed by atoms with Crippen LogP contribution in [-0.2, 0) is 22.6 Å². The summed E-state index contributed by atoms with van der Waals surface area (Å²) < 4.78 is 20.2. The summed E-state index contributed by atoms with van der Waals surface area (Å²) in [5.41, 5.74) is 3.10. The molecule has 0 aliphatic carbocycles. The van der Waals surface area contributed by atoms with Crippen LogP contribution in [0.25, 0.3) is 0 Å². The maximum Gasteiger partial charge on any atom is 0.261 e. The summed E-state index contributed by atoms with van der Waals surface area (Å²) in [5, 5.41) is 2.90. The van der Waals surface area contributed by atoms with Crippen LogP contribution in [0.3, 0.4) is 0 Å². The fourth-order valence-corrected chi connectivity index (χ4v) is 4.54. The Labute approximate surface area is 212 Å². The van der Waals surface area contributed by atoms with Gasteiger partial charge in [-0.1, -0.05) is 69.3 Å². The van der Waals surface area contributed by atoms with E-state index in [9.17, 15) is 14.0 Å². The fraction of sp³-hybridized carbons (Fsp3) is 0.333. The van der Waals surface area contributed by atoms with E-state index in [2.05, 4.69) is 5.32 Å². The Morgan fingerprint density at radius 2 is 1.81 bits per heavy atom. The van der Waals surface area contributed by atoms with Gasteiger partial charge in [0.1, 0.15) is 11.6 Å². The Hall–Kier alpha value is -3.67. The quantitative estimate of drug-likeness (QED) is 0.503. The minimum absolute atomic E-state index is 0.00221. The maximum absolute atomic E-state index is 14.2. The van der Waals surface area contributed by atoms with Crippen LogP contribution < -0.4 is 10.1 Å². The molecule has 36 heavy (non-hydrogen) atoms. The monoisotopic (exact) mass is 488 g/mol. The van der Waals surface area contributed by atoms with E-state index in [1.165, 1.54) is 12.1 Å². The summed E-state index contributed by atoms with van der Waals surface area (Å²) >= 11 is 0. The van der Waals surface area contributed by atoms with E-state index in [4.69, 9.17) is 4.74 Å². The van der Waals surface area contributed by atoms with Crippen molar-refractivity contribution in [2.24, 2.45) is 5.41 Å². The molecule has 1 heterocycles. The van der Waals surface area contributed by atoms with E-state index in [0.717, 1.165) is 16.7 Å². The maximum atomic E-state index is 14.2. The first-order chi connectivity index (χ1) is 17.1. The minimum Gasteiger partial charge on any atom is -0.481 e. The molecule has 0 fully saturated rings. The molecule has 3 aromatic carbocycles. The molecule has 1 aliphatic heterocycles. The summed E-state index contributed by atoms with van der Waals surface area (Å²) in [6.07, 6.45) is -0.0219. The van der Waals surface area contributed by atoms with Crippen molar-refractivity contribution in [3.63, 3.8) is 0 Å². The molecule has 2 amide bonds. The number of nitrogens with zero attached hydrogens (tertiary/aromatic N) is 1. The third-order valence-electron chi connectivity index (χ3n) is 6.40. The van der Waals surface area contributed by atoms with Gasteiger partial charge in [-0.25, -0.2) is 4.39 Å². The zero-order valence-electron chi connectivity index (χ0n) is 21.3. The number of carbonyl (C=O) groups is 2. The zero-order chi connectivity index (χ0) is 25.9. The number of fused-ring (bicyclic) bond motifs is 1. The third kappa shape index (κ3) is 5.76. The Morgan fingerprint density at radius 1 is 1.06 bits per heavy atom. The molecule has 4 rings (SSSR count). The van der Waals surface area contributed by atoms with Crippen LogP contribution in [0.15, 0.2) is 72.8 Å². The molecule has 2 atom stereocenters. The molecule has 0 saturated heterocycles. The number of hydrogen-bond acceptors (Lipinski definition) is 3. The third-order valence-corrected chi connectivity index (χ3v) is 6.40. The molecule has 0 unspecified atom stereocenters. The molecule has 1 aliphatic rings. The zero-order valence-corrected chi connectivity index (χ0v) is 21.3. The summed E-state index contributed by atoms with van der Waals surface area (Å²) in [4.78, 5) is 27.9. The number of halogens is 1. The van der Waals surface area contributed by atoms with Crippen molar-refractivity contribution >= 4 is 11.8 Å². The topological polar surface area (TPSA) is 58.6 Å². The molecule has 0 radical (unpaired) electrons. The molecule has 1 N–H and O–H groups in total. The van der Waals surface area contributed by atoms with Crippen LogP contribution in [0.4, 0.5) is 4.39 Å². The smallest absolute Gasteiger partial charge is 0.261 e. The summed E-state index contributed by atoms with van der Waals surface area (Å²) in [5.74, 6) is -0.0355. The molecule has 0 aromatic heterocycles. The van der Waals surface area contributed by atoms with Crippen molar-refractivity contribution in [2.75, 3.05) is 6.54 Å². The molecule has 0 spiro atoms. The van der Waals surface area contributed by atoms with Crippen molar-refractivity contribution in [1.29, 1.82) is 0 Å². The molecule has 0 saturated carbocycles. The molecule has 6 heteroatoms. The lowest BCUT2D eigenvalue weighted by molar-refractivity contribution is -0.141. The molecular weight excluding hydrogens is 455 g/mol. The Morgan fingerprint density at radius 3 is 2.50 bits per heavy atom. The van der Waals surface area contributed by atoms with Crippen LogP contribution in [-0.4, -0.2) is 29.4 Å². The largest absolute Gasteiger partial charge is 0.481 e. The van der Waals surface area contributed by atoms with Gasteiger partial charge in [0.15, 0.2) is 6.10 Å². The van der Waals surface area contributed by atoms with Crippen molar-refractivity contribution in [1.82, 2.24) is 10.2 Å². The lowest BCUT2D eigenvalue weighted by Gasteiger charge is -2.41. The second-order valence-corrected chi connectivity index (χ2v) is 10.3. The van der Waals surface area contributed by atoms with Crippen LogP contribution in [0.1, 0.15) is 56.0 Å². The number of amides is 2. The van der Waals surface area contributed by atoms with Gasteiger partial charge >= 0.3 is 0 Å². The minimum atomic E-state index is -0.713. The molecular formula is C30H33FN2O3. The standard InChI is InChI=1S/C30H33FN2O3/c1-20(28(34)32-19-21-9-6-5-7-10-21)36-25-14-13-22-15-16-33(29(35)30(2,3)4)27(26(22)18-25)23-11-8-12-24(31)17-23/h5-14,17-18,20,27H,15-16,19H2,1-4H3,(H,32,34)/t20-,27+/m1/s1. The molecule has 3 aromatic rings. The fourth-order valence-electron chi connectivity index (χ4n) is 4.54. The highest BCUT2D eigenvalue weighted by atomic mass is 19.1. The van der Waals surface area contributed by atoms with Crippen LogP contribution in [0.5, 0.6) is 5.75 Å². The van der Waals surface area contributed by atoms with Crippen LogP contribution in [0, 0.1) is 11.2 Å². The van der Waals surface area contributed by atoms with Gasteiger partial charge in [0.25, 0.3) is 5.91 Å². The Bertz CT molecular complexity index is 1240. The predicted octanol–water partition coefficient (Wildman–Crippen LogP) is 5.43. The number of carbonyl (C=O) groups excluding carboxylic acids is 2. The van der Waals surface area contributed by atoms with E-state index in [0.29, 0.717) is 30.8 Å². The van der Waals surface area contributed by atoms with Crippen molar-refractivity contribution in [3.8, 4) is 5.75 Å². The van der Waals surface area contributed by atoms with Gasteiger partial charge in [0, 0.05) is 18.5 Å². The van der Waals surface area contributed by atoms with Crippen molar-refractivity contribution in [3.05, 3.63) is 101 Å². The van der Waals surface area contributed by atoms with E-state index in [1.54, 1.807) is 13.0 Å². The molecule has 0 bridgehead atoms. The van der Waals surface area contributed by atoms with Crippen molar-refractivity contribution in [2.45, 2.75) is 52.8 Å². The summed E-state index contributed by atoms with van der Waals surface area (Å²) in [6, 6.07) is 21.4. The van der Waals surface area contributed by atoms with Gasteiger partial charge < -0.3 is 15.0 Å². The van der Waals surface area contributed by atoms with Crippen molar-refractivity contribution < 1.29 is 18.7 Å². The van der Waals surface area contributed by atoms with Gasteiger partial charge in [-0.3, -0.25) is 9.59 Å². The molecule has 188 valence electrons. The highest BCUT2D eigenvalue weighted by Gasteiger charge is 2.37. The Balaban J connectivity index is 1.59. The van der Waals surface area contributed by atoms with Crippen LogP contribution >= 0.6 is 0 Å². The van der Waals surface area contributed by atoms with Gasteiger partial charge in [-0.05, 0) is 59.9 Å². The van der Waals surface area contributed by atoms with E-state index >= 15 is 0 Å². The van der Waals surface area contributed by atoms with E-state index in [1.807, 2.05) is 80.3 Å². The number of ether oxygens (including phenoxy) is 1. The number of rotatable bonds is 6. The van der Waals surface area contributed by atoms with Gasteiger partial charge in [0.05, 0.1) is 6.04 Å². The second kappa shape index (κ2) is 10.5.